The molecule has 0 aliphatic rings. The number of pyridine rings is 2. The highest BCUT2D eigenvalue weighted by molar-refractivity contribution is 7.92. The van der Waals surface area contributed by atoms with Gasteiger partial charge in [0, 0.05) is 24.2 Å². The van der Waals surface area contributed by atoms with Crippen molar-refractivity contribution in [3.05, 3.63) is 60.3 Å². The van der Waals surface area contributed by atoms with Crippen LogP contribution >= 0.6 is 0 Å². The lowest BCUT2D eigenvalue weighted by Gasteiger charge is -2.02. The van der Waals surface area contributed by atoms with Gasteiger partial charge in [0.15, 0.2) is 0 Å². The summed E-state index contributed by atoms with van der Waals surface area (Å²) in [6.07, 6.45) is 0.811. The van der Waals surface area contributed by atoms with Crippen LogP contribution in [0, 0.1) is 5.82 Å². The molecule has 0 aromatic carbocycles. The number of imidazole rings is 1. The predicted octanol–water partition coefficient (Wildman–Crippen LogP) is 3.59. The highest BCUT2D eigenvalue weighted by Crippen LogP contribution is 2.29. The number of nitrogens with zero attached hydrogens (tertiary/aromatic N) is 6. The zero-order valence-corrected chi connectivity index (χ0v) is 16.0. The Morgan fingerprint density at radius 3 is 2.70 bits per heavy atom. The van der Waals surface area contributed by atoms with Crippen molar-refractivity contribution >= 4 is 15.4 Å². The lowest BCUT2D eigenvalue weighted by molar-refractivity contribution is -0.159. The average Bonchev–Trinajstić information content (AvgIpc) is 3.33. The van der Waals surface area contributed by atoms with Crippen LogP contribution < -0.4 is 0 Å². The molecule has 0 saturated carbocycles. The van der Waals surface area contributed by atoms with Crippen molar-refractivity contribution in [2.75, 3.05) is 6.26 Å². The van der Waals surface area contributed by atoms with Crippen molar-refractivity contribution in [1.82, 2.24) is 24.5 Å². The van der Waals surface area contributed by atoms with Crippen LogP contribution in [0.5, 0.6) is 0 Å². The van der Waals surface area contributed by atoms with Gasteiger partial charge < -0.3 is 8.92 Å². The molecule has 1 unspecified atom stereocenters. The number of aromatic nitrogens is 5. The van der Waals surface area contributed by atoms with E-state index in [1.165, 1.54) is 24.5 Å². The molecule has 1 atom stereocenters. The van der Waals surface area contributed by atoms with E-state index in [2.05, 4.69) is 29.0 Å². The van der Waals surface area contributed by atoms with Crippen LogP contribution in [0.3, 0.4) is 0 Å². The quantitative estimate of drug-likeness (QED) is 0.450. The monoisotopic (exact) mass is 440 g/mol. The van der Waals surface area contributed by atoms with Gasteiger partial charge in [-0.05, 0) is 24.3 Å². The number of halogens is 4. The average molecular weight is 440 g/mol. The van der Waals surface area contributed by atoms with Crippen LogP contribution in [0.2, 0.25) is 0 Å². The third kappa shape index (κ3) is 4.01. The van der Waals surface area contributed by atoms with Gasteiger partial charge in [-0.25, -0.2) is 22.9 Å². The van der Waals surface area contributed by atoms with Gasteiger partial charge in [0.25, 0.3) is 0 Å². The van der Waals surface area contributed by atoms with Gasteiger partial charge in [-0.15, -0.1) is 0 Å². The molecule has 0 N–H and O–H groups in total. The summed E-state index contributed by atoms with van der Waals surface area (Å²) in [5, 5.41) is 3.49. The minimum absolute atomic E-state index is 0.00810. The molecular weight excluding hydrogens is 428 g/mol. The highest BCUT2D eigenvalue weighted by Gasteiger charge is 2.38. The van der Waals surface area contributed by atoms with Crippen LogP contribution in [0.25, 0.3) is 17.0 Å². The fraction of sp³-hybridized carbons (Fsp3) is 0.176. The lowest BCUT2D eigenvalue weighted by Crippen LogP contribution is -2.04. The third-order valence-electron chi connectivity index (χ3n) is 4.00. The molecular formula is C17H12F4N6O2S. The number of hydrogen-bond donors (Lipinski definition) is 0. The molecule has 4 heterocycles. The highest BCUT2D eigenvalue weighted by atomic mass is 32.2. The Kier molecular flexibility index (Phi) is 4.76. The molecule has 0 bridgehead atoms. The fourth-order valence-corrected chi connectivity index (χ4v) is 3.63. The SMILES string of the molecule is CS(=O)(=NCc1cn2ccc(-c3noc(C(F)(F)F)n3)cc2n1)c1ccc(F)cn1. The Bertz CT molecular complexity index is 1340. The van der Waals surface area contributed by atoms with Crippen molar-refractivity contribution in [2.45, 2.75) is 17.7 Å². The smallest absolute Gasteiger partial charge is 0.329 e. The summed E-state index contributed by atoms with van der Waals surface area (Å²) >= 11 is 0. The Hall–Kier alpha value is -3.35. The molecule has 0 aliphatic heterocycles. The number of alkyl halides is 3. The first kappa shape index (κ1) is 19.9. The second kappa shape index (κ2) is 7.16. The largest absolute Gasteiger partial charge is 0.471 e. The van der Waals surface area contributed by atoms with E-state index in [1.807, 2.05) is 0 Å². The lowest BCUT2D eigenvalue weighted by atomic mass is 10.2. The summed E-state index contributed by atoms with van der Waals surface area (Å²) in [6.45, 7) is -0.00810. The zero-order valence-electron chi connectivity index (χ0n) is 15.2. The first-order valence-corrected chi connectivity index (χ1v) is 10.2. The molecule has 0 radical (unpaired) electrons. The third-order valence-corrected chi connectivity index (χ3v) is 5.64. The number of hydrogen-bond acceptors (Lipinski definition) is 7. The molecule has 0 spiro atoms. The van der Waals surface area contributed by atoms with E-state index in [4.69, 9.17) is 0 Å². The maximum absolute atomic E-state index is 13.0. The Morgan fingerprint density at radius 1 is 1.23 bits per heavy atom. The molecule has 0 aliphatic carbocycles. The standard InChI is InChI=1S/C17H12F4N6O2S/c1-30(28,14-3-2-11(18)7-22-14)23-8-12-9-27-5-4-10(6-13(27)24-12)15-25-16(29-26-15)17(19,20)21/h2-7,9H,8H2,1H3. The van der Waals surface area contributed by atoms with Gasteiger partial charge in [0.1, 0.15) is 16.5 Å². The molecule has 0 saturated heterocycles. The second-order valence-electron chi connectivity index (χ2n) is 6.24. The van der Waals surface area contributed by atoms with Gasteiger partial charge in [-0.1, -0.05) is 5.16 Å². The molecule has 8 nitrogen and oxygen atoms in total. The van der Waals surface area contributed by atoms with Crippen molar-refractivity contribution in [1.29, 1.82) is 0 Å². The van der Waals surface area contributed by atoms with Gasteiger partial charge in [0.2, 0.25) is 5.82 Å². The first-order valence-electron chi connectivity index (χ1n) is 8.30. The minimum atomic E-state index is -4.73. The van der Waals surface area contributed by atoms with Crippen LogP contribution in [0.15, 0.2) is 56.8 Å². The Balaban J connectivity index is 1.60. The van der Waals surface area contributed by atoms with E-state index >= 15 is 0 Å². The number of fused-ring (bicyclic) bond motifs is 1. The summed E-state index contributed by atoms with van der Waals surface area (Å²) < 4.78 is 73.6. The molecule has 13 heteroatoms. The van der Waals surface area contributed by atoms with Crippen molar-refractivity contribution in [2.24, 2.45) is 4.36 Å². The zero-order chi connectivity index (χ0) is 21.5. The number of rotatable bonds is 4. The molecule has 0 amide bonds. The Labute approximate surface area is 166 Å². The van der Waals surface area contributed by atoms with Crippen LogP contribution in [0.4, 0.5) is 17.6 Å². The normalized spacial score (nSPS) is 14.0. The summed E-state index contributed by atoms with van der Waals surface area (Å²) in [4.78, 5) is 11.5. The van der Waals surface area contributed by atoms with E-state index < -0.39 is 27.6 Å². The molecule has 4 aromatic heterocycles. The van der Waals surface area contributed by atoms with E-state index in [0.717, 1.165) is 12.3 Å². The first-order chi connectivity index (χ1) is 14.1. The van der Waals surface area contributed by atoms with Crippen molar-refractivity contribution in [3.63, 3.8) is 0 Å². The van der Waals surface area contributed by atoms with Gasteiger partial charge in [0.05, 0.1) is 28.2 Å². The van der Waals surface area contributed by atoms with Crippen molar-refractivity contribution < 1.29 is 26.3 Å². The summed E-state index contributed by atoms with van der Waals surface area (Å²) in [5.41, 5.74) is 1.15. The van der Waals surface area contributed by atoms with Gasteiger partial charge in [-0.3, -0.25) is 0 Å². The molecule has 4 rings (SSSR count). The fourth-order valence-electron chi connectivity index (χ4n) is 2.55. The van der Waals surface area contributed by atoms with E-state index in [-0.39, 0.29) is 23.0 Å². The summed E-state index contributed by atoms with van der Waals surface area (Å²) in [7, 11) is -2.87. The van der Waals surface area contributed by atoms with Crippen molar-refractivity contribution in [3.8, 4) is 11.4 Å². The molecule has 0 fully saturated rings. The maximum atomic E-state index is 13.0. The van der Waals surface area contributed by atoms with E-state index in [0.29, 0.717) is 11.3 Å². The second-order valence-corrected chi connectivity index (χ2v) is 8.52. The van der Waals surface area contributed by atoms with Gasteiger partial charge >= 0.3 is 12.1 Å². The Morgan fingerprint density at radius 2 is 2.03 bits per heavy atom. The topological polar surface area (TPSA) is 98.5 Å². The molecule has 30 heavy (non-hydrogen) atoms. The molecule has 4 aromatic rings. The predicted molar refractivity (Wildman–Crippen MR) is 96.1 cm³/mol. The maximum Gasteiger partial charge on any atom is 0.471 e. The van der Waals surface area contributed by atoms with Gasteiger partial charge in [-0.2, -0.15) is 18.2 Å². The van der Waals surface area contributed by atoms with Crippen LogP contribution in [-0.4, -0.2) is 35.0 Å². The summed E-state index contributed by atoms with van der Waals surface area (Å²) in [6, 6.07) is 5.44. The minimum Gasteiger partial charge on any atom is -0.329 e. The van der Waals surface area contributed by atoms with Crippen LogP contribution in [-0.2, 0) is 22.5 Å². The van der Waals surface area contributed by atoms with Crippen LogP contribution in [0.1, 0.15) is 11.6 Å². The summed E-state index contributed by atoms with van der Waals surface area (Å²) in [5.74, 6) is -2.21. The molecule has 156 valence electrons. The van der Waals surface area contributed by atoms with E-state index in [9.17, 15) is 21.8 Å². The van der Waals surface area contributed by atoms with E-state index in [1.54, 1.807) is 16.8 Å².